The maximum absolute atomic E-state index is 13.0. The van der Waals surface area contributed by atoms with E-state index in [9.17, 15) is 24.9 Å². The number of methoxy groups -OCH3 is 2. The molecule has 0 aromatic heterocycles. The number of hydrogen-bond acceptors (Lipinski definition) is 9. The largest absolute Gasteiger partial charge is 0.439 e. The lowest BCUT2D eigenvalue weighted by Gasteiger charge is -2.33. The van der Waals surface area contributed by atoms with Crippen molar-refractivity contribution < 1.29 is 39.1 Å². The Kier molecular flexibility index (Phi) is 16.0. The highest BCUT2D eigenvalue weighted by atomic mass is 35.5. The van der Waals surface area contributed by atoms with Gasteiger partial charge >= 0.3 is 6.09 Å². The summed E-state index contributed by atoms with van der Waals surface area (Å²) in [5.41, 5.74) is 7.41. The minimum Gasteiger partial charge on any atom is -0.439 e. The molecule has 2 bridgehead atoms. The van der Waals surface area contributed by atoms with Crippen molar-refractivity contribution in [2.45, 2.75) is 77.2 Å². The van der Waals surface area contributed by atoms with Crippen LogP contribution in [0.15, 0.2) is 71.1 Å². The van der Waals surface area contributed by atoms with Crippen LogP contribution in [0, 0.1) is 11.8 Å². The van der Waals surface area contributed by atoms with E-state index in [-0.39, 0.29) is 24.0 Å². The van der Waals surface area contributed by atoms with Crippen molar-refractivity contribution in [3.05, 3.63) is 71.1 Å². The molecule has 2 aliphatic rings. The Morgan fingerprint density at radius 1 is 1.19 bits per heavy atom. The van der Waals surface area contributed by atoms with E-state index in [0.717, 1.165) is 0 Å². The molecule has 11 nitrogen and oxygen atoms in total. The van der Waals surface area contributed by atoms with Crippen molar-refractivity contribution in [3.8, 4) is 0 Å². The summed E-state index contributed by atoms with van der Waals surface area (Å²) in [6, 6.07) is 0. The fraction of sp³-hybridized carbons (Fsp3) is 0.548. The van der Waals surface area contributed by atoms with Crippen molar-refractivity contribution in [2.75, 3.05) is 20.8 Å². The third-order valence-electron chi connectivity index (χ3n) is 7.52. The normalized spacial score (nSPS) is 34.3. The molecule has 0 spiro atoms. The van der Waals surface area contributed by atoms with Crippen LogP contribution in [0.1, 0.15) is 40.5 Å². The third-order valence-corrected chi connectivity index (χ3v) is 7.52. The van der Waals surface area contributed by atoms with Crippen LogP contribution < -0.4 is 16.4 Å². The van der Waals surface area contributed by atoms with E-state index >= 15 is 0 Å². The highest BCUT2D eigenvalue weighted by Gasteiger charge is 2.33. The lowest BCUT2D eigenvalue weighted by atomic mass is 9.84. The molecule has 0 aromatic carbocycles. The van der Waals surface area contributed by atoms with Gasteiger partial charge in [0.2, 0.25) is 0 Å². The van der Waals surface area contributed by atoms with Gasteiger partial charge in [-0.05, 0) is 49.8 Å². The van der Waals surface area contributed by atoms with E-state index in [1.807, 2.05) is 13.8 Å². The molecular formula is C31H48ClN3O8. The van der Waals surface area contributed by atoms with Crippen LogP contribution in [-0.4, -0.2) is 84.7 Å². The van der Waals surface area contributed by atoms with E-state index in [1.54, 1.807) is 44.2 Å². The first-order valence-corrected chi connectivity index (χ1v) is 14.0. The molecule has 12 heteroatoms. The topological polar surface area (TPSA) is 173 Å². The number of amides is 2. The number of nitrogens with two attached hydrogens (primary N) is 1. The molecule has 2 amide bonds. The van der Waals surface area contributed by atoms with Crippen LogP contribution in [0.3, 0.4) is 0 Å². The predicted octanol–water partition coefficient (Wildman–Crippen LogP) is 2.54. The first-order valence-electron chi connectivity index (χ1n) is 14.0. The van der Waals surface area contributed by atoms with Gasteiger partial charge in [0.05, 0.1) is 12.2 Å². The van der Waals surface area contributed by atoms with Gasteiger partial charge in [-0.3, -0.25) is 4.79 Å². The lowest BCUT2D eigenvalue weighted by molar-refractivity contribution is -0.117. The van der Waals surface area contributed by atoms with Gasteiger partial charge in [-0.1, -0.05) is 44.2 Å². The Morgan fingerprint density at radius 2 is 1.86 bits per heavy atom. The number of hydrogen-bond donors (Lipinski definition) is 6. The van der Waals surface area contributed by atoms with Crippen LogP contribution in [0.4, 0.5) is 4.79 Å². The average Bonchev–Trinajstić information content (AvgIpc) is 2.94. The van der Waals surface area contributed by atoms with Crippen molar-refractivity contribution in [1.82, 2.24) is 10.6 Å². The summed E-state index contributed by atoms with van der Waals surface area (Å²) < 4.78 is 16.6. The molecule has 2 unspecified atom stereocenters. The van der Waals surface area contributed by atoms with Crippen LogP contribution in [0.2, 0.25) is 0 Å². The first kappa shape index (κ1) is 38.1. The van der Waals surface area contributed by atoms with Crippen LogP contribution >= 0.6 is 12.4 Å². The summed E-state index contributed by atoms with van der Waals surface area (Å²) in [6.45, 7) is 11.2. The zero-order valence-corrected chi connectivity index (χ0v) is 26.6. The predicted molar refractivity (Wildman–Crippen MR) is 167 cm³/mol. The molecule has 43 heavy (non-hydrogen) atoms. The number of aliphatic hydroxyl groups is 3. The van der Waals surface area contributed by atoms with Gasteiger partial charge in [0.15, 0.2) is 6.10 Å². The van der Waals surface area contributed by atoms with E-state index in [4.69, 9.17) is 19.9 Å². The molecule has 0 saturated heterocycles. The number of fused-ring (bicyclic) bond motifs is 2. The zero-order valence-electron chi connectivity index (χ0n) is 25.8. The maximum Gasteiger partial charge on any atom is 0.405 e. The second-order valence-electron chi connectivity index (χ2n) is 10.9. The number of nitrogens with one attached hydrogen (secondary N) is 2. The molecule has 0 radical (unpaired) electrons. The number of primary amides is 1. The monoisotopic (exact) mass is 625 g/mol. The smallest absolute Gasteiger partial charge is 0.405 e. The maximum atomic E-state index is 13.0. The Balaban J connectivity index is 0.00000924. The van der Waals surface area contributed by atoms with E-state index < -0.39 is 54.5 Å². The quantitative estimate of drug-likeness (QED) is 0.243. The van der Waals surface area contributed by atoms with E-state index in [1.165, 1.54) is 20.3 Å². The number of ether oxygens (including phenoxy) is 3. The standard InChI is InChI=1S/C31H47N3O8.ClH/c1-8-12-33-26-21-13-17(2)14-25(41-7)27(36)19(4)15-20(5)29(42-31(32)39)24(40-6)11-9-10-18(3)30(38)34-22(28(21)37)16-23(26)35;/h8-11,15-17,19,23-25,27-29,33,35-37H,1,12-14H2,2-7H3,(H2,32,39)(H,34,38);1H/b11-9-,18-10+,20-15+;/t17-,19+,23?,24+,25+,27-,28?,29+;/m1./s1. The van der Waals surface area contributed by atoms with Gasteiger partial charge in [-0.2, -0.15) is 0 Å². The Labute approximate surface area is 260 Å². The third kappa shape index (κ3) is 10.6. The second-order valence-corrected chi connectivity index (χ2v) is 10.9. The molecule has 242 valence electrons. The summed E-state index contributed by atoms with van der Waals surface area (Å²) in [5.74, 6) is -0.989. The summed E-state index contributed by atoms with van der Waals surface area (Å²) in [6.07, 6.45) is 3.96. The van der Waals surface area contributed by atoms with Crippen LogP contribution in [0.25, 0.3) is 0 Å². The number of carbonyl (C=O) groups excluding carboxylic acids is 2. The molecule has 1 aliphatic heterocycles. The molecule has 0 fully saturated rings. The minimum atomic E-state index is -1.18. The molecular weight excluding hydrogens is 578 g/mol. The fourth-order valence-electron chi connectivity index (χ4n) is 5.24. The number of halogens is 1. The highest BCUT2D eigenvalue weighted by molar-refractivity contribution is 5.94. The Bertz CT molecular complexity index is 1130. The summed E-state index contributed by atoms with van der Waals surface area (Å²) in [5, 5.41) is 39.4. The molecule has 7 N–H and O–H groups in total. The summed E-state index contributed by atoms with van der Waals surface area (Å²) >= 11 is 0. The Hall–Kier alpha value is -2.93. The molecule has 8 atom stereocenters. The van der Waals surface area contributed by atoms with Gasteiger partial charge in [-0.25, -0.2) is 4.79 Å². The van der Waals surface area contributed by atoms with Crippen molar-refractivity contribution in [1.29, 1.82) is 0 Å². The number of rotatable bonds is 6. The van der Waals surface area contributed by atoms with Gasteiger partial charge in [-0.15, -0.1) is 19.0 Å². The van der Waals surface area contributed by atoms with Crippen molar-refractivity contribution in [2.24, 2.45) is 17.6 Å². The SMILES string of the molecule is C=CCNC1=C2C[C@@H](C)C[C@H](OC)[C@H](O)[C@@H](C)/C=C(\C)[C@H](OC(N)=O)[C@@H](OC)/C=C\C=C(/C)C(=O)NC(=CC1O)C2O.Cl. The van der Waals surface area contributed by atoms with Crippen LogP contribution in [-0.2, 0) is 19.0 Å². The summed E-state index contributed by atoms with van der Waals surface area (Å²) in [4.78, 5) is 24.8. The molecule has 0 aromatic rings. The van der Waals surface area contributed by atoms with Gasteiger partial charge < -0.3 is 45.9 Å². The first-order chi connectivity index (χ1) is 19.8. The molecule has 0 saturated carbocycles. The minimum absolute atomic E-state index is 0. The number of allylic oxidation sites excluding steroid dienone is 2. The highest BCUT2D eigenvalue weighted by Crippen LogP contribution is 2.31. The fourth-order valence-corrected chi connectivity index (χ4v) is 5.24. The molecule has 2 rings (SSSR count). The van der Waals surface area contributed by atoms with Gasteiger partial charge in [0, 0.05) is 43.6 Å². The van der Waals surface area contributed by atoms with Crippen molar-refractivity contribution in [3.63, 3.8) is 0 Å². The molecule has 1 heterocycles. The summed E-state index contributed by atoms with van der Waals surface area (Å²) in [7, 11) is 2.97. The van der Waals surface area contributed by atoms with Crippen molar-refractivity contribution >= 4 is 24.4 Å². The molecule has 1 aliphatic carbocycles. The number of carbonyl (C=O) groups is 2. The lowest BCUT2D eigenvalue weighted by Crippen LogP contribution is -2.40. The second kappa shape index (κ2) is 18.0. The van der Waals surface area contributed by atoms with E-state index in [2.05, 4.69) is 17.2 Å². The van der Waals surface area contributed by atoms with E-state index in [0.29, 0.717) is 41.8 Å². The van der Waals surface area contributed by atoms with Crippen LogP contribution in [0.5, 0.6) is 0 Å². The average molecular weight is 626 g/mol. The van der Waals surface area contributed by atoms with Gasteiger partial charge in [0.1, 0.15) is 18.3 Å². The number of aliphatic hydroxyl groups excluding tert-OH is 3. The Morgan fingerprint density at radius 3 is 2.44 bits per heavy atom. The van der Waals surface area contributed by atoms with Gasteiger partial charge in [0.25, 0.3) is 5.91 Å². The zero-order chi connectivity index (χ0) is 31.6.